The Labute approximate surface area is 369 Å². The summed E-state index contributed by atoms with van der Waals surface area (Å²) in [6, 6.07) is 14.6. The van der Waals surface area contributed by atoms with Crippen LogP contribution in [0.4, 0.5) is 20.3 Å². The summed E-state index contributed by atoms with van der Waals surface area (Å²) in [7, 11) is 0. The van der Waals surface area contributed by atoms with Crippen LogP contribution in [0.2, 0.25) is 0 Å². The quantitative estimate of drug-likeness (QED) is 0.0574. The molecule has 3 fully saturated rings. The standard InChI is InChI=1S/C46H50ClF2N9O5/c47-46(48,49)63-35-13-11-33(12-14-35)52-43(60)32-28-37(39-17-20-51-54-39)42(50-29-32)57-22-18-34(19-23-57)56-26-24-55(25-27-56)21-6-4-2-1-3-5-8-31-9-7-10-36-38(31)30-58(45(36)62)40-15-16-41(59)53-44(40)61/h7,9-14,17,20,28-29,34,40H,1-4,6,15-16,18-19,21-27,30H2,(H,51,54)(H,52,60)(H,53,59,61). The number of aromatic amines is 1. The van der Waals surface area contributed by atoms with Crippen LogP contribution in [0.1, 0.15) is 89.6 Å². The number of unbranched alkanes of at least 4 members (excludes halogenated alkanes) is 4. The zero-order valence-corrected chi connectivity index (χ0v) is 35.6. The van der Waals surface area contributed by atoms with Gasteiger partial charge in [-0.15, -0.1) is 8.78 Å². The van der Waals surface area contributed by atoms with Gasteiger partial charge in [-0.3, -0.25) is 34.5 Å². The summed E-state index contributed by atoms with van der Waals surface area (Å²) >= 11 is 4.85. The van der Waals surface area contributed by atoms with E-state index in [1.54, 1.807) is 29.4 Å². The van der Waals surface area contributed by atoms with Gasteiger partial charge in [0, 0.05) is 111 Å². The normalized spacial score (nSPS) is 18.8. The Kier molecular flexibility index (Phi) is 13.6. The highest BCUT2D eigenvalue weighted by Gasteiger charge is 2.40. The first-order chi connectivity index (χ1) is 30.5. The maximum Gasteiger partial charge on any atom is 0.487 e. The fourth-order valence-electron chi connectivity index (χ4n) is 8.94. The van der Waals surface area contributed by atoms with Gasteiger partial charge in [0.05, 0.1) is 11.3 Å². The lowest BCUT2D eigenvalue weighted by molar-refractivity contribution is -0.136. The van der Waals surface area contributed by atoms with Gasteiger partial charge in [0.15, 0.2) is 0 Å². The van der Waals surface area contributed by atoms with Crippen molar-refractivity contribution in [3.63, 3.8) is 0 Å². The number of benzene rings is 2. The number of hydrogen-bond acceptors (Lipinski definition) is 10. The van der Waals surface area contributed by atoms with Crippen molar-refractivity contribution in [3.05, 3.63) is 89.2 Å². The van der Waals surface area contributed by atoms with E-state index >= 15 is 0 Å². The molecule has 4 aromatic rings. The van der Waals surface area contributed by atoms with Crippen molar-refractivity contribution in [2.75, 3.05) is 56.0 Å². The molecule has 3 N–H and O–H groups in total. The molecule has 330 valence electrons. The van der Waals surface area contributed by atoms with Crippen molar-refractivity contribution in [3.8, 4) is 28.8 Å². The Balaban J connectivity index is 0.743. The van der Waals surface area contributed by atoms with Crippen LogP contribution in [0, 0.1) is 11.8 Å². The number of alkyl halides is 3. The SMILES string of the molecule is O=C1CCC(N2Cc3c(C#CCCCCCCN4CCN(C5CCN(c6ncc(C(=O)Nc7ccc(OC(F)(F)Cl)cc7)cc6-c6ccn[nH]6)CC5)CC4)cccc3C2=O)C(=O)N1. The second-order valence-corrected chi connectivity index (χ2v) is 16.8. The van der Waals surface area contributed by atoms with Crippen LogP contribution in [0.3, 0.4) is 0 Å². The lowest BCUT2D eigenvalue weighted by atomic mass is 10.0. The molecule has 1 unspecified atom stereocenters. The maximum atomic E-state index is 13.2. The van der Waals surface area contributed by atoms with E-state index in [2.05, 4.69) is 52.1 Å². The van der Waals surface area contributed by atoms with Gasteiger partial charge in [-0.1, -0.05) is 30.7 Å². The number of amides is 4. The molecule has 0 bridgehead atoms. The van der Waals surface area contributed by atoms with Crippen LogP contribution in [0.5, 0.6) is 5.75 Å². The first-order valence-corrected chi connectivity index (χ1v) is 22.0. The number of ether oxygens (including phenoxy) is 1. The molecule has 14 nitrogen and oxygen atoms in total. The Morgan fingerprint density at radius 1 is 0.937 bits per heavy atom. The Morgan fingerprint density at radius 3 is 2.44 bits per heavy atom. The summed E-state index contributed by atoms with van der Waals surface area (Å²) in [5, 5.41) is 12.3. The second-order valence-electron chi connectivity index (χ2n) is 16.4. The molecular formula is C46H50ClF2N9O5. The number of nitrogens with one attached hydrogen (secondary N) is 3. The molecule has 0 saturated carbocycles. The minimum atomic E-state index is -3.83. The van der Waals surface area contributed by atoms with E-state index in [0.717, 1.165) is 119 Å². The van der Waals surface area contributed by atoms with Crippen LogP contribution in [0.15, 0.2) is 67.0 Å². The summed E-state index contributed by atoms with van der Waals surface area (Å²) in [6.07, 6.45) is 11.0. The lowest BCUT2D eigenvalue weighted by Crippen LogP contribution is -2.53. The topological polar surface area (TPSA) is 156 Å². The van der Waals surface area contributed by atoms with Gasteiger partial charge in [-0.25, -0.2) is 4.98 Å². The number of nitrogens with zero attached hydrogens (tertiary/aromatic N) is 6. The predicted molar refractivity (Wildman–Crippen MR) is 233 cm³/mol. The fraction of sp³-hybridized carbons (Fsp3) is 0.435. The van der Waals surface area contributed by atoms with E-state index in [-0.39, 0.29) is 24.0 Å². The first kappa shape index (κ1) is 43.7. The maximum absolute atomic E-state index is 13.2. The van der Waals surface area contributed by atoms with Crippen molar-refractivity contribution < 1.29 is 32.7 Å². The number of piperidine rings is 2. The number of rotatable bonds is 14. The average Bonchev–Trinajstić information content (AvgIpc) is 3.94. The van der Waals surface area contributed by atoms with Crippen LogP contribution >= 0.6 is 11.6 Å². The molecule has 2 aromatic carbocycles. The fourth-order valence-corrected chi connectivity index (χ4v) is 9.03. The van der Waals surface area contributed by atoms with Crippen molar-refractivity contribution >= 4 is 46.7 Å². The molecule has 0 radical (unpaired) electrons. The average molecular weight is 882 g/mol. The monoisotopic (exact) mass is 881 g/mol. The van der Waals surface area contributed by atoms with Crippen molar-refractivity contribution in [2.24, 2.45) is 0 Å². The summed E-state index contributed by atoms with van der Waals surface area (Å²) in [5.41, 5.74) is 0.690. The van der Waals surface area contributed by atoms with Crippen molar-refractivity contribution in [1.29, 1.82) is 0 Å². The number of carbonyl (C=O) groups is 4. The molecule has 17 heteroatoms. The third-order valence-corrected chi connectivity index (χ3v) is 12.4. The summed E-state index contributed by atoms with van der Waals surface area (Å²) < 4.78 is 30.3. The molecule has 4 amide bonds. The van der Waals surface area contributed by atoms with E-state index in [4.69, 9.17) is 16.6 Å². The number of anilines is 2. The number of fused-ring (bicyclic) bond motifs is 1. The van der Waals surface area contributed by atoms with E-state index in [1.165, 1.54) is 24.3 Å². The highest BCUT2D eigenvalue weighted by atomic mass is 35.5. The van der Waals surface area contributed by atoms with Gasteiger partial charge in [-0.05, 0) is 92.7 Å². The zero-order valence-electron chi connectivity index (χ0n) is 34.9. The summed E-state index contributed by atoms with van der Waals surface area (Å²) in [5.74, 6) is 5.95. The molecule has 4 aliphatic heterocycles. The third-order valence-electron chi connectivity index (χ3n) is 12.3. The summed E-state index contributed by atoms with van der Waals surface area (Å²) in [4.78, 5) is 64.2. The van der Waals surface area contributed by atoms with E-state index < -0.39 is 23.4 Å². The highest BCUT2D eigenvalue weighted by Crippen LogP contribution is 2.33. The summed E-state index contributed by atoms with van der Waals surface area (Å²) in [6.45, 7) is 7.32. The number of pyridine rings is 1. The molecule has 3 saturated heterocycles. The Morgan fingerprint density at radius 2 is 1.71 bits per heavy atom. The van der Waals surface area contributed by atoms with Crippen LogP contribution in [0.25, 0.3) is 11.3 Å². The molecule has 8 rings (SSSR count). The van der Waals surface area contributed by atoms with Gasteiger partial charge in [0.25, 0.3) is 11.8 Å². The molecule has 63 heavy (non-hydrogen) atoms. The van der Waals surface area contributed by atoms with E-state index in [9.17, 15) is 28.0 Å². The minimum Gasteiger partial charge on any atom is -0.420 e. The molecule has 4 aliphatic rings. The third kappa shape index (κ3) is 10.8. The Bertz CT molecular complexity index is 2350. The van der Waals surface area contributed by atoms with Crippen molar-refractivity contribution in [2.45, 2.75) is 82.0 Å². The van der Waals surface area contributed by atoms with Gasteiger partial charge in [0.1, 0.15) is 17.6 Å². The molecule has 0 spiro atoms. The number of imide groups is 1. The predicted octanol–water partition coefficient (Wildman–Crippen LogP) is 6.24. The van der Waals surface area contributed by atoms with E-state index in [1.807, 2.05) is 18.2 Å². The highest BCUT2D eigenvalue weighted by molar-refractivity contribution is 6.20. The number of piperazine rings is 1. The lowest BCUT2D eigenvalue weighted by Gasteiger charge is -2.43. The van der Waals surface area contributed by atoms with E-state index in [0.29, 0.717) is 35.8 Å². The first-order valence-electron chi connectivity index (χ1n) is 21.6. The van der Waals surface area contributed by atoms with Gasteiger partial charge in [-0.2, -0.15) is 5.10 Å². The number of H-pyrrole nitrogens is 1. The number of carbonyl (C=O) groups excluding carboxylic acids is 4. The van der Waals surface area contributed by atoms with Crippen LogP contribution in [-0.2, 0) is 16.1 Å². The molecule has 0 aliphatic carbocycles. The smallest absolute Gasteiger partial charge is 0.420 e. The number of halogens is 3. The minimum absolute atomic E-state index is 0.134. The second kappa shape index (κ2) is 19.7. The largest absolute Gasteiger partial charge is 0.487 e. The number of hydrogen-bond donors (Lipinski definition) is 3. The van der Waals surface area contributed by atoms with Crippen LogP contribution in [-0.4, -0.2) is 117 Å². The van der Waals surface area contributed by atoms with Gasteiger partial charge in [0.2, 0.25) is 11.8 Å². The Hall–Kier alpha value is -5.89. The van der Waals surface area contributed by atoms with Gasteiger partial charge >= 0.3 is 5.57 Å². The molecule has 6 heterocycles. The molecular weight excluding hydrogens is 832 g/mol. The molecule has 2 aromatic heterocycles. The van der Waals surface area contributed by atoms with Crippen LogP contribution < -0.4 is 20.3 Å². The number of aromatic nitrogens is 3. The molecule has 1 atom stereocenters. The van der Waals surface area contributed by atoms with Crippen molar-refractivity contribution in [1.82, 2.24) is 35.2 Å². The zero-order chi connectivity index (χ0) is 43.9. The van der Waals surface area contributed by atoms with Gasteiger partial charge < -0.3 is 24.8 Å².